The van der Waals surface area contributed by atoms with Crippen LogP contribution in [-0.4, -0.2) is 18.9 Å². The van der Waals surface area contributed by atoms with Gasteiger partial charge in [-0.2, -0.15) is 0 Å². The zero-order valence-corrected chi connectivity index (χ0v) is 13.6. The van der Waals surface area contributed by atoms with Gasteiger partial charge in [-0.1, -0.05) is 42.8 Å². The summed E-state index contributed by atoms with van der Waals surface area (Å²) in [5, 5.41) is 2.91. The maximum absolute atomic E-state index is 12.0. The second kappa shape index (κ2) is 6.70. The summed E-state index contributed by atoms with van der Waals surface area (Å²) >= 11 is 3.35. The van der Waals surface area contributed by atoms with Gasteiger partial charge in [-0.15, -0.1) is 0 Å². The maximum atomic E-state index is 12.0. The van der Waals surface area contributed by atoms with Crippen LogP contribution in [0.5, 0.6) is 0 Å². The lowest BCUT2D eigenvalue weighted by Gasteiger charge is -2.15. The van der Waals surface area contributed by atoms with Crippen LogP contribution in [0.25, 0.3) is 0 Å². The number of carbonyl (C=O) groups is 2. The van der Waals surface area contributed by atoms with Gasteiger partial charge in [0.15, 0.2) is 5.78 Å². The number of rotatable bonds is 4. The highest BCUT2D eigenvalue weighted by atomic mass is 79.9. The Hall–Kier alpha value is -1.62. The average molecular weight is 340 g/mol. The molecule has 0 unspecified atom stereocenters. The number of benzene rings is 1. The first kappa shape index (κ1) is 16.4. The van der Waals surface area contributed by atoms with Crippen molar-refractivity contribution < 1.29 is 14.3 Å². The van der Waals surface area contributed by atoms with E-state index >= 15 is 0 Å². The number of carbonyl (C=O) groups excluding carboxylic acids is 2. The highest BCUT2D eigenvalue weighted by Crippen LogP contribution is 2.20. The van der Waals surface area contributed by atoms with Crippen LogP contribution in [0.15, 0.2) is 40.5 Å². The van der Waals surface area contributed by atoms with Crippen LogP contribution in [0.2, 0.25) is 0 Å². The predicted molar refractivity (Wildman–Crippen MR) is 82.3 cm³/mol. The number of esters is 1. The number of allylic oxidation sites excluding steroid dienone is 1. The van der Waals surface area contributed by atoms with Gasteiger partial charge < -0.3 is 10.1 Å². The Morgan fingerprint density at radius 3 is 2.45 bits per heavy atom. The molecule has 0 aliphatic carbocycles. The number of ketones is 1. The van der Waals surface area contributed by atoms with Gasteiger partial charge in [-0.25, -0.2) is 4.79 Å². The average Bonchev–Trinajstić information content (AvgIpc) is 2.35. The number of ether oxygens (including phenoxy) is 1. The lowest BCUT2D eigenvalue weighted by atomic mass is 9.90. The molecule has 1 aromatic carbocycles. The molecule has 0 amide bonds. The molecule has 0 heterocycles. The molecule has 0 aromatic heterocycles. The number of hydrogen-bond acceptors (Lipinski definition) is 4. The van der Waals surface area contributed by atoms with Crippen molar-refractivity contribution in [3.05, 3.63) is 40.5 Å². The zero-order valence-electron chi connectivity index (χ0n) is 12.0. The van der Waals surface area contributed by atoms with Crippen LogP contribution >= 0.6 is 15.9 Å². The molecule has 0 saturated carbocycles. The van der Waals surface area contributed by atoms with Gasteiger partial charge in [0.05, 0.1) is 7.11 Å². The van der Waals surface area contributed by atoms with E-state index in [1.54, 1.807) is 32.9 Å². The number of halogens is 1. The molecule has 1 aromatic rings. The summed E-state index contributed by atoms with van der Waals surface area (Å²) < 4.78 is 5.56. The van der Waals surface area contributed by atoms with Gasteiger partial charge in [0.25, 0.3) is 0 Å². The van der Waals surface area contributed by atoms with Crippen molar-refractivity contribution in [1.29, 1.82) is 0 Å². The summed E-state index contributed by atoms with van der Waals surface area (Å²) in [5.41, 5.74) is 0.251. The summed E-state index contributed by atoms with van der Waals surface area (Å²) in [5.74, 6) is -0.733. The number of anilines is 1. The Bertz CT molecular complexity index is 544. The van der Waals surface area contributed by atoms with Crippen LogP contribution < -0.4 is 5.32 Å². The Morgan fingerprint density at radius 1 is 1.30 bits per heavy atom. The van der Waals surface area contributed by atoms with Gasteiger partial charge in [0.1, 0.15) is 5.70 Å². The Morgan fingerprint density at radius 2 is 1.95 bits per heavy atom. The fraction of sp³-hybridized carbons (Fsp3) is 0.333. The van der Waals surface area contributed by atoms with Gasteiger partial charge in [0, 0.05) is 21.7 Å². The minimum atomic E-state index is -0.581. The molecule has 0 aliphatic heterocycles. The third kappa shape index (κ3) is 4.81. The summed E-state index contributed by atoms with van der Waals surface area (Å²) in [6.07, 6.45) is 1.28. The van der Waals surface area contributed by atoms with Gasteiger partial charge in [-0.05, 0) is 18.2 Å². The van der Waals surface area contributed by atoms with Gasteiger partial charge in [-0.3, -0.25) is 4.79 Å². The lowest BCUT2D eigenvalue weighted by Crippen LogP contribution is -2.22. The highest BCUT2D eigenvalue weighted by Gasteiger charge is 2.22. The van der Waals surface area contributed by atoms with Crippen LogP contribution in [0.3, 0.4) is 0 Å². The molecular weight excluding hydrogens is 322 g/mol. The molecule has 0 fully saturated rings. The van der Waals surface area contributed by atoms with E-state index in [1.165, 1.54) is 13.2 Å². The first-order chi connectivity index (χ1) is 9.24. The third-order valence-corrected chi connectivity index (χ3v) is 3.02. The summed E-state index contributed by atoms with van der Waals surface area (Å²) in [4.78, 5) is 23.8. The SMILES string of the molecule is COC(=O)/C(=C/C(=O)C(C)(C)C)Nc1cccc(Br)c1. The highest BCUT2D eigenvalue weighted by molar-refractivity contribution is 9.10. The van der Waals surface area contributed by atoms with Crippen LogP contribution in [-0.2, 0) is 14.3 Å². The Balaban J connectivity index is 3.05. The summed E-state index contributed by atoms with van der Waals surface area (Å²) in [7, 11) is 1.28. The van der Waals surface area contributed by atoms with E-state index in [2.05, 4.69) is 21.2 Å². The number of nitrogens with one attached hydrogen (secondary N) is 1. The number of hydrogen-bond donors (Lipinski definition) is 1. The molecule has 0 aliphatic rings. The standard InChI is InChI=1S/C15H18BrNO3/c1-15(2,3)13(18)9-12(14(19)20-4)17-11-7-5-6-10(16)8-11/h5-9,17H,1-4H3/b12-9-. The normalized spacial score (nSPS) is 11.9. The van der Waals surface area contributed by atoms with E-state index in [9.17, 15) is 9.59 Å². The van der Waals surface area contributed by atoms with Gasteiger partial charge >= 0.3 is 5.97 Å². The second-order valence-corrected chi connectivity index (χ2v) is 6.21. The van der Waals surface area contributed by atoms with Crippen molar-refractivity contribution in [3.8, 4) is 0 Å². The largest absolute Gasteiger partial charge is 0.464 e. The second-order valence-electron chi connectivity index (χ2n) is 5.30. The maximum Gasteiger partial charge on any atom is 0.354 e. The third-order valence-electron chi connectivity index (χ3n) is 2.52. The molecule has 1 N–H and O–H groups in total. The smallest absolute Gasteiger partial charge is 0.354 e. The molecule has 0 atom stereocenters. The quantitative estimate of drug-likeness (QED) is 0.673. The first-order valence-electron chi connectivity index (χ1n) is 6.11. The van der Waals surface area contributed by atoms with Crippen molar-refractivity contribution >= 4 is 33.4 Å². The first-order valence-corrected chi connectivity index (χ1v) is 6.90. The van der Waals surface area contributed by atoms with Gasteiger partial charge in [0.2, 0.25) is 0 Å². The Labute approximate surface area is 127 Å². The molecule has 0 radical (unpaired) electrons. The lowest BCUT2D eigenvalue weighted by molar-refractivity contribution is -0.136. The molecule has 0 spiro atoms. The zero-order chi connectivity index (χ0) is 15.3. The fourth-order valence-electron chi connectivity index (χ4n) is 1.33. The topological polar surface area (TPSA) is 55.4 Å². The van der Waals surface area contributed by atoms with E-state index in [-0.39, 0.29) is 11.5 Å². The van der Waals surface area contributed by atoms with Crippen molar-refractivity contribution in [2.75, 3.05) is 12.4 Å². The molecular formula is C15H18BrNO3. The van der Waals surface area contributed by atoms with Crippen LogP contribution in [0.4, 0.5) is 5.69 Å². The van der Waals surface area contributed by atoms with Crippen molar-refractivity contribution in [1.82, 2.24) is 0 Å². The molecule has 20 heavy (non-hydrogen) atoms. The van der Waals surface area contributed by atoms with E-state index in [4.69, 9.17) is 4.74 Å². The fourth-order valence-corrected chi connectivity index (χ4v) is 1.72. The van der Waals surface area contributed by atoms with E-state index < -0.39 is 11.4 Å². The predicted octanol–water partition coefficient (Wildman–Crippen LogP) is 3.53. The van der Waals surface area contributed by atoms with Crippen LogP contribution in [0.1, 0.15) is 20.8 Å². The van der Waals surface area contributed by atoms with Crippen molar-refractivity contribution in [3.63, 3.8) is 0 Å². The minimum Gasteiger partial charge on any atom is -0.464 e. The van der Waals surface area contributed by atoms with Crippen molar-refractivity contribution in [2.24, 2.45) is 5.41 Å². The number of methoxy groups -OCH3 is 1. The molecule has 1 rings (SSSR count). The van der Waals surface area contributed by atoms with Crippen molar-refractivity contribution in [2.45, 2.75) is 20.8 Å². The summed E-state index contributed by atoms with van der Waals surface area (Å²) in [6.45, 7) is 5.37. The monoisotopic (exact) mass is 339 g/mol. The summed E-state index contributed by atoms with van der Waals surface area (Å²) in [6, 6.07) is 7.29. The molecule has 4 nitrogen and oxygen atoms in total. The van der Waals surface area contributed by atoms with E-state index in [0.717, 1.165) is 4.47 Å². The Kier molecular flexibility index (Phi) is 5.51. The molecule has 108 valence electrons. The molecule has 0 saturated heterocycles. The van der Waals surface area contributed by atoms with Crippen LogP contribution in [0, 0.1) is 5.41 Å². The minimum absolute atomic E-state index is 0.116. The van der Waals surface area contributed by atoms with E-state index in [1.807, 2.05) is 12.1 Å². The molecule has 0 bridgehead atoms. The molecule has 5 heteroatoms. The van der Waals surface area contributed by atoms with E-state index in [0.29, 0.717) is 5.69 Å².